The maximum Gasteiger partial charge on any atom is 0.0358 e. The first kappa shape index (κ1) is 21.8. The average molecular weight is 479 g/mol. The van der Waals surface area contributed by atoms with Crippen LogP contribution in [0.2, 0.25) is 0 Å². The van der Waals surface area contributed by atoms with Gasteiger partial charge in [-0.3, -0.25) is 0 Å². The van der Waals surface area contributed by atoms with Crippen molar-refractivity contribution in [3.63, 3.8) is 0 Å². The Morgan fingerprint density at radius 2 is 1.15 bits per heavy atom. The second-order valence-electron chi connectivity index (χ2n) is 11.3. The Morgan fingerprint density at radius 1 is 0.529 bits per heavy atom. The van der Waals surface area contributed by atoms with Crippen LogP contribution in [0.4, 0.5) is 0 Å². The summed E-state index contributed by atoms with van der Waals surface area (Å²) in [5.74, 6) is 0. The lowest BCUT2D eigenvalue weighted by Gasteiger charge is -2.26. The topological polar surface area (TPSA) is 0 Å². The first-order chi connectivity index (χ1) is 16.2. The Morgan fingerprint density at radius 3 is 1.94 bits per heavy atom. The first-order valence-electron chi connectivity index (χ1n) is 12.1. The average Bonchev–Trinajstić information content (AvgIpc) is 3.35. The summed E-state index contributed by atoms with van der Waals surface area (Å²) in [6.45, 7) is 11.6. The maximum absolute atomic E-state index is 2.44. The van der Waals surface area contributed by atoms with Gasteiger partial charge in [-0.05, 0) is 70.3 Å². The van der Waals surface area contributed by atoms with Crippen molar-refractivity contribution in [2.24, 2.45) is 0 Å². The molecule has 170 valence electrons. The summed E-state index contributed by atoms with van der Waals surface area (Å²) >= 11 is 3.81. The van der Waals surface area contributed by atoms with Crippen LogP contribution in [0.3, 0.4) is 0 Å². The normalized spacial score (nSPS) is 13.0. The summed E-state index contributed by atoms with van der Waals surface area (Å²) in [5.41, 5.74) is 4.45. The van der Waals surface area contributed by atoms with Crippen LogP contribution in [-0.4, -0.2) is 0 Å². The van der Waals surface area contributed by atoms with Gasteiger partial charge in [0.2, 0.25) is 0 Å². The van der Waals surface area contributed by atoms with E-state index in [1.54, 1.807) is 0 Å². The Bertz CT molecular complexity index is 1690. The van der Waals surface area contributed by atoms with Crippen LogP contribution in [0.1, 0.15) is 51.3 Å². The third-order valence-electron chi connectivity index (χ3n) is 7.21. The molecule has 0 N–H and O–H groups in total. The van der Waals surface area contributed by atoms with E-state index in [0.717, 1.165) is 6.42 Å². The Kier molecular flexibility index (Phi) is 4.92. The first-order valence-corrected chi connectivity index (χ1v) is 13.7. The van der Waals surface area contributed by atoms with Crippen molar-refractivity contribution >= 4 is 63.0 Å². The number of hydrogen-bond donors (Lipinski definition) is 0. The third kappa shape index (κ3) is 3.65. The fourth-order valence-corrected chi connectivity index (χ4v) is 7.37. The molecule has 0 saturated heterocycles. The minimum absolute atomic E-state index is 0.0517. The maximum atomic E-state index is 2.44. The predicted octanol–water partition coefficient (Wildman–Crippen LogP) is 10.2. The van der Waals surface area contributed by atoms with Crippen molar-refractivity contribution in [2.45, 2.75) is 51.9 Å². The third-order valence-corrected chi connectivity index (χ3v) is 9.49. The van der Waals surface area contributed by atoms with Crippen molar-refractivity contribution in [3.8, 4) is 0 Å². The van der Waals surface area contributed by atoms with Gasteiger partial charge in [0.05, 0.1) is 0 Å². The molecule has 0 nitrogen and oxygen atoms in total. The molecule has 4 aromatic carbocycles. The lowest BCUT2D eigenvalue weighted by Crippen LogP contribution is -2.20. The summed E-state index contributed by atoms with van der Waals surface area (Å²) in [4.78, 5) is 0. The SMILES string of the molecule is CC(C)(C)c1ccc2c(c1)sc1ccc(CC(C)(C)c3ccc4sc5ccccc5c4c3)cc12. The highest BCUT2D eigenvalue weighted by Gasteiger charge is 2.23. The summed E-state index contributed by atoms with van der Waals surface area (Å²) in [7, 11) is 0. The molecular formula is C32H30S2. The summed E-state index contributed by atoms with van der Waals surface area (Å²) < 4.78 is 5.53. The van der Waals surface area contributed by atoms with E-state index >= 15 is 0 Å². The van der Waals surface area contributed by atoms with E-state index in [1.807, 2.05) is 22.7 Å². The van der Waals surface area contributed by atoms with E-state index in [0.29, 0.717) is 0 Å². The molecule has 2 heteroatoms. The number of hydrogen-bond acceptors (Lipinski definition) is 2. The van der Waals surface area contributed by atoms with Crippen molar-refractivity contribution in [1.82, 2.24) is 0 Å². The van der Waals surface area contributed by atoms with Crippen LogP contribution in [-0.2, 0) is 17.3 Å². The van der Waals surface area contributed by atoms with Crippen molar-refractivity contribution in [2.75, 3.05) is 0 Å². The van der Waals surface area contributed by atoms with Crippen LogP contribution in [0, 0.1) is 0 Å². The van der Waals surface area contributed by atoms with Gasteiger partial charge in [-0.25, -0.2) is 0 Å². The number of fused-ring (bicyclic) bond motifs is 6. The van der Waals surface area contributed by atoms with Gasteiger partial charge in [-0.2, -0.15) is 0 Å². The van der Waals surface area contributed by atoms with Gasteiger partial charge >= 0.3 is 0 Å². The Hall–Kier alpha value is -2.68. The van der Waals surface area contributed by atoms with Gasteiger partial charge < -0.3 is 0 Å². The lowest BCUT2D eigenvalue weighted by atomic mass is 9.78. The van der Waals surface area contributed by atoms with Gasteiger partial charge in [0.1, 0.15) is 0 Å². The van der Waals surface area contributed by atoms with Gasteiger partial charge in [0, 0.05) is 40.3 Å². The monoisotopic (exact) mass is 478 g/mol. The molecular weight excluding hydrogens is 448 g/mol. The van der Waals surface area contributed by atoms with Gasteiger partial charge in [0.25, 0.3) is 0 Å². The fraction of sp³-hybridized carbons (Fsp3) is 0.250. The molecule has 0 unspecified atom stereocenters. The number of rotatable bonds is 3. The standard InChI is InChI=1S/C32H30S2/c1-31(2,3)21-11-13-24-25-16-20(10-14-28(25)34-30(24)18-21)19-32(4,5)22-12-15-29-26(17-22)23-8-6-7-9-27(23)33-29/h6-18H,19H2,1-5H3. The molecule has 6 aromatic rings. The highest BCUT2D eigenvalue weighted by Crippen LogP contribution is 2.40. The molecule has 0 fully saturated rings. The van der Waals surface area contributed by atoms with E-state index in [-0.39, 0.29) is 10.8 Å². The largest absolute Gasteiger partial charge is 0.135 e. The fourth-order valence-electron chi connectivity index (χ4n) is 5.16. The molecule has 0 saturated carbocycles. The van der Waals surface area contributed by atoms with Crippen molar-refractivity contribution in [1.29, 1.82) is 0 Å². The zero-order chi connectivity index (χ0) is 23.7. The molecule has 2 aromatic heterocycles. The minimum Gasteiger partial charge on any atom is -0.135 e. The van der Waals surface area contributed by atoms with E-state index in [4.69, 9.17) is 0 Å². The van der Waals surface area contributed by atoms with Crippen LogP contribution < -0.4 is 0 Å². The molecule has 0 amide bonds. The molecule has 0 bridgehead atoms. The Balaban J connectivity index is 1.38. The molecule has 0 aliphatic carbocycles. The van der Waals surface area contributed by atoms with Gasteiger partial charge in [0.15, 0.2) is 0 Å². The lowest BCUT2D eigenvalue weighted by molar-refractivity contribution is 0.523. The second kappa shape index (κ2) is 7.66. The molecule has 0 radical (unpaired) electrons. The Labute approximate surface area is 209 Å². The number of thiophene rings is 2. The van der Waals surface area contributed by atoms with Crippen LogP contribution >= 0.6 is 22.7 Å². The molecule has 0 atom stereocenters. The summed E-state index contributed by atoms with van der Waals surface area (Å²) in [5, 5.41) is 5.55. The molecule has 0 spiro atoms. The van der Waals surface area contributed by atoms with Crippen molar-refractivity contribution < 1.29 is 0 Å². The van der Waals surface area contributed by atoms with Crippen LogP contribution in [0.5, 0.6) is 0 Å². The van der Waals surface area contributed by atoms with Crippen LogP contribution in [0.15, 0.2) is 78.9 Å². The smallest absolute Gasteiger partial charge is 0.0358 e. The van der Waals surface area contributed by atoms with Crippen molar-refractivity contribution in [3.05, 3.63) is 95.6 Å². The summed E-state index contributed by atoms with van der Waals surface area (Å²) in [6, 6.07) is 30.0. The molecule has 0 aliphatic heterocycles. The van der Waals surface area contributed by atoms with E-state index in [9.17, 15) is 0 Å². The van der Waals surface area contributed by atoms with Crippen LogP contribution in [0.25, 0.3) is 40.3 Å². The predicted molar refractivity (Wildman–Crippen MR) is 154 cm³/mol. The highest BCUT2D eigenvalue weighted by atomic mass is 32.1. The van der Waals surface area contributed by atoms with Gasteiger partial charge in [-0.15, -0.1) is 22.7 Å². The quantitative estimate of drug-likeness (QED) is 0.237. The van der Waals surface area contributed by atoms with E-state index < -0.39 is 0 Å². The second-order valence-corrected chi connectivity index (χ2v) is 13.4. The highest BCUT2D eigenvalue weighted by molar-refractivity contribution is 7.26. The minimum atomic E-state index is 0.0517. The van der Waals surface area contributed by atoms with E-state index in [2.05, 4.69) is 113 Å². The van der Waals surface area contributed by atoms with E-state index in [1.165, 1.54) is 57.0 Å². The summed E-state index contributed by atoms with van der Waals surface area (Å²) in [6.07, 6.45) is 1.02. The molecule has 2 heterocycles. The molecule has 0 aliphatic rings. The van der Waals surface area contributed by atoms with Gasteiger partial charge in [-0.1, -0.05) is 77.1 Å². The molecule has 6 rings (SSSR count). The number of benzene rings is 4. The molecule has 34 heavy (non-hydrogen) atoms. The zero-order valence-corrected chi connectivity index (χ0v) is 22.2. The zero-order valence-electron chi connectivity index (χ0n) is 20.5.